The molecular weight excluding hydrogens is 222 g/mol. The summed E-state index contributed by atoms with van der Waals surface area (Å²) in [7, 11) is 0. The van der Waals surface area contributed by atoms with E-state index in [-0.39, 0.29) is 6.04 Å². The van der Waals surface area contributed by atoms with E-state index in [0.29, 0.717) is 0 Å². The van der Waals surface area contributed by atoms with E-state index < -0.39 is 0 Å². The van der Waals surface area contributed by atoms with Crippen molar-refractivity contribution in [1.82, 2.24) is 9.78 Å². The Labute approximate surface area is 109 Å². The first-order valence-corrected chi connectivity index (χ1v) is 6.48. The summed E-state index contributed by atoms with van der Waals surface area (Å²) in [6, 6.07) is 8.70. The standard InChI is InChI=1S/C15H21N3/c1-4-14(16)10-13-5-6-15(9-11(13)2)18-8-7-12(3)17-18/h5-9,14H,4,10,16H2,1-3H3. The highest BCUT2D eigenvalue weighted by Gasteiger charge is 2.06. The van der Waals surface area contributed by atoms with E-state index in [2.05, 4.69) is 37.1 Å². The van der Waals surface area contributed by atoms with Gasteiger partial charge in [-0.3, -0.25) is 0 Å². The molecule has 0 aliphatic heterocycles. The molecule has 0 saturated heterocycles. The third kappa shape index (κ3) is 2.79. The van der Waals surface area contributed by atoms with Gasteiger partial charge in [0.15, 0.2) is 0 Å². The van der Waals surface area contributed by atoms with E-state index >= 15 is 0 Å². The Morgan fingerprint density at radius 2 is 2.06 bits per heavy atom. The van der Waals surface area contributed by atoms with Gasteiger partial charge in [-0.2, -0.15) is 5.10 Å². The first-order valence-electron chi connectivity index (χ1n) is 6.48. The molecule has 2 rings (SSSR count). The number of rotatable bonds is 4. The topological polar surface area (TPSA) is 43.8 Å². The van der Waals surface area contributed by atoms with Crippen LogP contribution < -0.4 is 5.73 Å². The number of benzene rings is 1. The van der Waals surface area contributed by atoms with Crippen LogP contribution in [-0.2, 0) is 6.42 Å². The van der Waals surface area contributed by atoms with E-state index in [1.165, 1.54) is 11.1 Å². The van der Waals surface area contributed by atoms with E-state index in [0.717, 1.165) is 24.2 Å². The molecule has 0 aliphatic carbocycles. The highest BCUT2D eigenvalue weighted by Crippen LogP contribution is 2.16. The summed E-state index contributed by atoms with van der Waals surface area (Å²) in [5.74, 6) is 0. The van der Waals surface area contributed by atoms with E-state index in [9.17, 15) is 0 Å². The van der Waals surface area contributed by atoms with Gasteiger partial charge in [-0.05, 0) is 56.0 Å². The summed E-state index contributed by atoms with van der Waals surface area (Å²) >= 11 is 0. The Morgan fingerprint density at radius 3 is 2.61 bits per heavy atom. The fourth-order valence-electron chi connectivity index (χ4n) is 2.04. The van der Waals surface area contributed by atoms with Crippen molar-refractivity contribution in [3.63, 3.8) is 0 Å². The van der Waals surface area contributed by atoms with Gasteiger partial charge in [0.05, 0.1) is 11.4 Å². The molecule has 3 nitrogen and oxygen atoms in total. The fourth-order valence-corrected chi connectivity index (χ4v) is 2.04. The van der Waals surface area contributed by atoms with Crippen molar-refractivity contribution in [2.45, 2.75) is 39.7 Å². The van der Waals surface area contributed by atoms with Gasteiger partial charge in [0.1, 0.15) is 0 Å². The molecule has 0 spiro atoms. The van der Waals surface area contributed by atoms with Crippen LogP contribution in [0.5, 0.6) is 0 Å². The highest BCUT2D eigenvalue weighted by atomic mass is 15.3. The average molecular weight is 243 g/mol. The number of hydrogen-bond acceptors (Lipinski definition) is 2. The molecule has 1 aromatic heterocycles. The summed E-state index contributed by atoms with van der Waals surface area (Å²) in [5.41, 5.74) is 10.8. The van der Waals surface area contributed by atoms with Crippen molar-refractivity contribution in [3.05, 3.63) is 47.3 Å². The molecule has 1 aromatic carbocycles. The van der Waals surface area contributed by atoms with Gasteiger partial charge < -0.3 is 5.73 Å². The normalized spacial score (nSPS) is 12.7. The maximum absolute atomic E-state index is 6.01. The molecule has 1 unspecified atom stereocenters. The SMILES string of the molecule is CCC(N)Cc1ccc(-n2ccc(C)n2)cc1C. The number of aromatic nitrogens is 2. The lowest BCUT2D eigenvalue weighted by molar-refractivity contribution is 0.644. The molecule has 3 heteroatoms. The zero-order chi connectivity index (χ0) is 13.1. The van der Waals surface area contributed by atoms with Crippen LogP contribution in [0.1, 0.15) is 30.2 Å². The molecule has 1 heterocycles. The van der Waals surface area contributed by atoms with Crippen LogP contribution in [0.15, 0.2) is 30.5 Å². The average Bonchev–Trinajstić information content (AvgIpc) is 2.78. The van der Waals surface area contributed by atoms with Crippen LogP contribution in [0, 0.1) is 13.8 Å². The molecule has 0 fully saturated rings. The predicted octanol–water partition coefficient (Wildman–Crippen LogP) is 2.77. The molecule has 0 radical (unpaired) electrons. The third-order valence-electron chi connectivity index (χ3n) is 3.32. The zero-order valence-electron chi connectivity index (χ0n) is 11.4. The Morgan fingerprint density at radius 1 is 1.28 bits per heavy atom. The number of aryl methyl sites for hydroxylation is 2. The van der Waals surface area contributed by atoms with E-state index in [1.807, 2.05) is 23.9 Å². The Kier molecular flexibility index (Phi) is 3.82. The quantitative estimate of drug-likeness (QED) is 0.897. The first kappa shape index (κ1) is 12.8. The molecule has 18 heavy (non-hydrogen) atoms. The molecule has 1 atom stereocenters. The number of nitrogens with two attached hydrogens (primary N) is 1. The van der Waals surface area contributed by atoms with Crippen LogP contribution in [0.3, 0.4) is 0 Å². The van der Waals surface area contributed by atoms with Crippen LogP contribution in [0.25, 0.3) is 5.69 Å². The second-order valence-corrected chi connectivity index (χ2v) is 4.88. The Balaban J connectivity index is 2.24. The highest BCUT2D eigenvalue weighted by molar-refractivity contribution is 5.40. The van der Waals surface area contributed by atoms with E-state index in [4.69, 9.17) is 5.73 Å². The Hall–Kier alpha value is -1.61. The van der Waals surface area contributed by atoms with Gasteiger partial charge in [0, 0.05) is 12.2 Å². The van der Waals surface area contributed by atoms with Crippen molar-refractivity contribution < 1.29 is 0 Å². The number of nitrogens with zero attached hydrogens (tertiary/aromatic N) is 2. The van der Waals surface area contributed by atoms with Crippen LogP contribution in [0.2, 0.25) is 0 Å². The Bertz CT molecular complexity index is 528. The predicted molar refractivity (Wildman–Crippen MR) is 75.0 cm³/mol. The van der Waals surface area contributed by atoms with Crippen molar-refractivity contribution in [2.75, 3.05) is 0 Å². The van der Waals surface area contributed by atoms with Gasteiger partial charge in [-0.15, -0.1) is 0 Å². The second-order valence-electron chi connectivity index (χ2n) is 4.88. The van der Waals surface area contributed by atoms with Crippen molar-refractivity contribution >= 4 is 0 Å². The molecule has 2 N–H and O–H groups in total. The maximum atomic E-state index is 6.01. The van der Waals surface area contributed by atoms with Crippen LogP contribution in [0.4, 0.5) is 0 Å². The van der Waals surface area contributed by atoms with Crippen LogP contribution >= 0.6 is 0 Å². The minimum atomic E-state index is 0.251. The summed E-state index contributed by atoms with van der Waals surface area (Å²) < 4.78 is 1.91. The summed E-state index contributed by atoms with van der Waals surface area (Å²) in [4.78, 5) is 0. The second kappa shape index (κ2) is 5.36. The van der Waals surface area contributed by atoms with Gasteiger partial charge in [-0.1, -0.05) is 13.0 Å². The largest absolute Gasteiger partial charge is 0.327 e. The monoisotopic (exact) mass is 243 g/mol. The maximum Gasteiger partial charge on any atom is 0.0648 e. The van der Waals surface area contributed by atoms with Gasteiger partial charge in [0.25, 0.3) is 0 Å². The van der Waals surface area contributed by atoms with Gasteiger partial charge >= 0.3 is 0 Å². The molecule has 0 aliphatic rings. The van der Waals surface area contributed by atoms with Crippen molar-refractivity contribution in [3.8, 4) is 5.69 Å². The number of hydrogen-bond donors (Lipinski definition) is 1. The summed E-state index contributed by atoms with van der Waals surface area (Å²) in [6.07, 6.45) is 3.95. The molecule has 0 saturated carbocycles. The summed E-state index contributed by atoms with van der Waals surface area (Å²) in [5, 5.41) is 4.42. The molecular formula is C15H21N3. The summed E-state index contributed by atoms with van der Waals surface area (Å²) in [6.45, 7) is 6.26. The lowest BCUT2D eigenvalue weighted by Gasteiger charge is -2.12. The smallest absolute Gasteiger partial charge is 0.0648 e. The lowest BCUT2D eigenvalue weighted by Crippen LogP contribution is -2.21. The fraction of sp³-hybridized carbons (Fsp3) is 0.400. The first-order chi connectivity index (χ1) is 8.60. The minimum absolute atomic E-state index is 0.251. The van der Waals surface area contributed by atoms with Gasteiger partial charge in [0.2, 0.25) is 0 Å². The molecule has 0 amide bonds. The molecule has 96 valence electrons. The third-order valence-corrected chi connectivity index (χ3v) is 3.32. The van der Waals surface area contributed by atoms with Crippen molar-refractivity contribution in [1.29, 1.82) is 0 Å². The van der Waals surface area contributed by atoms with Gasteiger partial charge in [-0.25, -0.2) is 4.68 Å². The molecule has 0 bridgehead atoms. The van der Waals surface area contributed by atoms with Crippen LogP contribution in [-0.4, -0.2) is 15.8 Å². The minimum Gasteiger partial charge on any atom is -0.327 e. The zero-order valence-corrected chi connectivity index (χ0v) is 11.4. The molecule has 2 aromatic rings. The van der Waals surface area contributed by atoms with E-state index in [1.54, 1.807) is 0 Å². The van der Waals surface area contributed by atoms with Crippen molar-refractivity contribution in [2.24, 2.45) is 5.73 Å². The lowest BCUT2D eigenvalue weighted by atomic mass is 10.00.